The first-order valence-corrected chi connectivity index (χ1v) is 11.4. The zero-order chi connectivity index (χ0) is 17.1. The van der Waals surface area contributed by atoms with Crippen molar-refractivity contribution in [2.45, 2.75) is 90.9 Å². The van der Waals surface area contributed by atoms with Crippen LogP contribution >= 0.6 is 0 Å². The van der Waals surface area contributed by atoms with E-state index < -0.39 is 0 Å². The van der Waals surface area contributed by atoms with E-state index in [1.165, 1.54) is 138 Å². The molecule has 3 aliphatic heterocycles. The van der Waals surface area contributed by atoms with Crippen molar-refractivity contribution in [2.24, 2.45) is 0 Å². The SMILES string of the molecule is CCCCCCCCCCCCCC[N+]12CC[N+](CC)(CC1)CC2.[Br-].[Br-]. The smallest absolute Gasteiger partial charge is 0.129 e. The molecule has 0 N–H and O–H groups in total. The van der Waals surface area contributed by atoms with Crippen molar-refractivity contribution in [3.05, 3.63) is 0 Å². The second-order valence-corrected chi connectivity index (χ2v) is 8.95. The molecule has 0 amide bonds. The highest BCUT2D eigenvalue weighted by Crippen LogP contribution is 2.27. The fourth-order valence-corrected chi connectivity index (χ4v) is 5.04. The zero-order valence-corrected chi connectivity index (χ0v) is 21.0. The monoisotopic (exact) mass is 496 g/mol. The van der Waals surface area contributed by atoms with Crippen LogP contribution < -0.4 is 34.0 Å². The van der Waals surface area contributed by atoms with Crippen molar-refractivity contribution in [3.8, 4) is 0 Å². The number of nitrogens with zero attached hydrogens (tertiary/aromatic N) is 2. The third-order valence-electron chi connectivity index (χ3n) is 7.30. The molecule has 2 bridgehead atoms. The Balaban J connectivity index is 0.00000312. The van der Waals surface area contributed by atoms with Crippen molar-refractivity contribution < 1.29 is 42.9 Å². The Morgan fingerprint density at radius 3 is 1.19 bits per heavy atom. The van der Waals surface area contributed by atoms with Crippen LogP contribution in [0, 0.1) is 0 Å². The number of rotatable bonds is 14. The molecule has 0 atom stereocenters. The molecule has 0 unspecified atom stereocenters. The van der Waals surface area contributed by atoms with Gasteiger partial charge in [-0.3, -0.25) is 0 Å². The maximum Gasteiger partial charge on any atom is 0.129 e. The molecule has 3 fully saturated rings. The average molecular weight is 498 g/mol. The molecule has 3 aliphatic rings. The topological polar surface area (TPSA) is 0 Å². The number of unbranched alkanes of at least 4 members (excludes halogenated alkanes) is 11. The molecule has 0 saturated carbocycles. The van der Waals surface area contributed by atoms with E-state index in [1.807, 2.05) is 0 Å². The Hall–Kier alpha value is 0.880. The van der Waals surface area contributed by atoms with Gasteiger partial charge >= 0.3 is 0 Å². The second-order valence-electron chi connectivity index (χ2n) is 8.95. The molecule has 0 aromatic carbocycles. The van der Waals surface area contributed by atoms with Crippen molar-refractivity contribution in [1.82, 2.24) is 0 Å². The van der Waals surface area contributed by atoms with Crippen molar-refractivity contribution in [2.75, 3.05) is 52.4 Å². The lowest BCUT2D eigenvalue weighted by Gasteiger charge is -2.55. The van der Waals surface area contributed by atoms with Crippen LogP contribution in [0.3, 0.4) is 0 Å². The number of halogens is 2. The summed E-state index contributed by atoms with van der Waals surface area (Å²) in [6, 6.07) is 0. The normalized spacial score (nSPS) is 27.0. The van der Waals surface area contributed by atoms with E-state index >= 15 is 0 Å². The largest absolute Gasteiger partial charge is 1.00 e. The summed E-state index contributed by atoms with van der Waals surface area (Å²) in [7, 11) is 0. The Morgan fingerprint density at radius 2 is 0.808 bits per heavy atom. The molecule has 0 spiro atoms. The number of likely N-dealkylation sites (N-methyl/N-ethyl adjacent to an activating group) is 1. The summed E-state index contributed by atoms with van der Waals surface area (Å²) < 4.78 is 2.93. The first-order chi connectivity index (χ1) is 11.7. The zero-order valence-electron chi connectivity index (χ0n) is 17.8. The summed E-state index contributed by atoms with van der Waals surface area (Å²) in [5.74, 6) is 0. The van der Waals surface area contributed by atoms with Gasteiger partial charge in [0.15, 0.2) is 0 Å². The van der Waals surface area contributed by atoms with Crippen LogP contribution in [0.4, 0.5) is 0 Å². The van der Waals surface area contributed by atoms with Gasteiger partial charge in [-0.05, 0) is 19.8 Å². The maximum absolute atomic E-state index is 2.40. The van der Waals surface area contributed by atoms with Crippen LogP contribution in [0.1, 0.15) is 90.9 Å². The highest BCUT2D eigenvalue weighted by atomic mass is 79.9. The molecule has 3 heterocycles. The maximum atomic E-state index is 2.40. The van der Waals surface area contributed by atoms with Gasteiger partial charge in [0.25, 0.3) is 0 Å². The molecule has 0 radical (unpaired) electrons. The lowest BCUT2D eigenvalue weighted by Crippen LogP contribution is -3.00. The van der Waals surface area contributed by atoms with Crippen LogP contribution in [0.5, 0.6) is 0 Å². The van der Waals surface area contributed by atoms with Crippen molar-refractivity contribution in [3.63, 3.8) is 0 Å². The summed E-state index contributed by atoms with van der Waals surface area (Å²) in [5.41, 5.74) is 0. The Bertz CT molecular complexity index is 312. The Labute approximate surface area is 185 Å². The first kappa shape index (κ1) is 26.9. The summed E-state index contributed by atoms with van der Waals surface area (Å²) >= 11 is 0. The van der Waals surface area contributed by atoms with Crippen LogP contribution in [-0.2, 0) is 0 Å². The highest BCUT2D eigenvalue weighted by molar-refractivity contribution is 4.61. The summed E-state index contributed by atoms with van der Waals surface area (Å²) in [6.07, 6.45) is 17.7. The average Bonchev–Trinajstić information content (AvgIpc) is 2.64. The molecule has 4 heteroatoms. The lowest BCUT2D eigenvalue weighted by molar-refractivity contribution is -1.08. The standard InChI is InChI=1S/C22H46N2.2BrH/c1-3-5-6-7-8-9-10-11-12-13-14-15-16-24-20-17-23(4-2,18-21-24)19-22-24;;/h3-22H2,1-2H3;2*1H/q+2;;/p-2. The second kappa shape index (κ2) is 14.8. The number of hydrogen-bond donors (Lipinski definition) is 0. The van der Waals surface area contributed by atoms with E-state index in [0.717, 1.165) is 0 Å². The first-order valence-electron chi connectivity index (χ1n) is 11.4. The van der Waals surface area contributed by atoms with E-state index in [-0.39, 0.29) is 34.0 Å². The van der Waals surface area contributed by atoms with Gasteiger partial charge in [-0.2, -0.15) is 0 Å². The molecule has 158 valence electrons. The van der Waals surface area contributed by atoms with Gasteiger partial charge in [0.2, 0.25) is 0 Å². The molecular weight excluding hydrogens is 452 g/mol. The van der Waals surface area contributed by atoms with Gasteiger partial charge in [0.1, 0.15) is 39.3 Å². The van der Waals surface area contributed by atoms with Crippen molar-refractivity contribution in [1.29, 1.82) is 0 Å². The summed E-state index contributed by atoms with van der Waals surface area (Å²) in [4.78, 5) is 0. The molecular formula is C22H46Br2N2. The fraction of sp³-hybridized carbons (Fsp3) is 1.00. The van der Waals surface area contributed by atoms with E-state index in [9.17, 15) is 0 Å². The quantitative estimate of drug-likeness (QED) is 0.221. The third kappa shape index (κ3) is 8.92. The van der Waals surface area contributed by atoms with Gasteiger partial charge < -0.3 is 42.9 Å². The number of fused-ring (bicyclic) bond motifs is 3. The summed E-state index contributed by atoms with van der Waals surface area (Å²) in [5, 5.41) is 0. The van der Waals surface area contributed by atoms with E-state index in [4.69, 9.17) is 0 Å². The minimum Gasteiger partial charge on any atom is -1.00 e. The van der Waals surface area contributed by atoms with Crippen molar-refractivity contribution >= 4 is 0 Å². The molecule has 0 aromatic heterocycles. The minimum atomic E-state index is 0. The van der Waals surface area contributed by atoms with E-state index in [1.54, 1.807) is 0 Å². The van der Waals surface area contributed by atoms with Crippen LogP contribution in [0.25, 0.3) is 0 Å². The fourth-order valence-electron chi connectivity index (χ4n) is 5.04. The van der Waals surface area contributed by atoms with Crippen LogP contribution in [0.15, 0.2) is 0 Å². The van der Waals surface area contributed by atoms with Gasteiger partial charge in [-0.15, -0.1) is 0 Å². The highest BCUT2D eigenvalue weighted by Gasteiger charge is 2.47. The van der Waals surface area contributed by atoms with E-state index in [2.05, 4.69) is 13.8 Å². The number of piperazine rings is 3. The van der Waals surface area contributed by atoms with Gasteiger partial charge in [0, 0.05) is 0 Å². The summed E-state index contributed by atoms with van der Waals surface area (Å²) in [6.45, 7) is 16.4. The van der Waals surface area contributed by atoms with Crippen LogP contribution in [0.2, 0.25) is 0 Å². The third-order valence-corrected chi connectivity index (χ3v) is 7.30. The predicted molar refractivity (Wildman–Crippen MR) is 106 cm³/mol. The molecule has 0 aliphatic carbocycles. The molecule has 26 heavy (non-hydrogen) atoms. The lowest BCUT2D eigenvalue weighted by atomic mass is 10.0. The minimum absolute atomic E-state index is 0. The molecule has 0 aromatic rings. The van der Waals surface area contributed by atoms with Gasteiger partial charge in [0.05, 0.1) is 13.1 Å². The van der Waals surface area contributed by atoms with Gasteiger partial charge in [-0.25, -0.2) is 0 Å². The number of hydrogen-bond acceptors (Lipinski definition) is 0. The molecule has 3 saturated heterocycles. The molecule has 2 nitrogen and oxygen atoms in total. The van der Waals surface area contributed by atoms with Crippen LogP contribution in [-0.4, -0.2) is 61.3 Å². The van der Waals surface area contributed by atoms with E-state index in [0.29, 0.717) is 0 Å². The Kier molecular flexibility index (Phi) is 15.3. The Morgan fingerprint density at radius 1 is 0.462 bits per heavy atom. The molecule has 3 rings (SSSR count). The number of quaternary nitrogens is 2. The predicted octanol–water partition coefficient (Wildman–Crippen LogP) is -0.624. The van der Waals surface area contributed by atoms with Gasteiger partial charge in [-0.1, -0.05) is 71.1 Å².